The zero-order valence-corrected chi connectivity index (χ0v) is 48.6. The summed E-state index contributed by atoms with van der Waals surface area (Å²) in [5.74, 6) is -4.35. The number of nitrogens with one attached hydrogen (secondary N) is 2. The van der Waals surface area contributed by atoms with Gasteiger partial charge in [-0.1, -0.05) is 77.1 Å². The minimum Gasteiger partial charge on any atom is -0.459 e. The summed E-state index contributed by atoms with van der Waals surface area (Å²) >= 11 is 0. The maximum atomic E-state index is 14.8. The minimum atomic E-state index is -2.00. The van der Waals surface area contributed by atoms with Gasteiger partial charge in [0, 0.05) is 56.9 Å². The molecule has 1 aromatic carbocycles. The normalized spacial score (nSPS) is 38.2. The van der Waals surface area contributed by atoms with Crippen LogP contribution in [-0.4, -0.2) is 161 Å². The van der Waals surface area contributed by atoms with Crippen LogP contribution < -0.4 is 10.9 Å². The number of esters is 2. The third kappa shape index (κ3) is 16.7. The van der Waals surface area contributed by atoms with Crippen molar-refractivity contribution in [2.45, 2.75) is 238 Å². The van der Waals surface area contributed by atoms with Gasteiger partial charge in [0.25, 0.3) is 5.69 Å². The Bertz CT molecular complexity index is 2120. The number of aliphatic hydroxyl groups excluding tert-OH is 1. The lowest BCUT2D eigenvalue weighted by molar-refractivity contribution is -0.384. The second-order valence-corrected chi connectivity index (χ2v) is 23.4. The van der Waals surface area contributed by atoms with Crippen LogP contribution in [0.3, 0.4) is 0 Å². The van der Waals surface area contributed by atoms with Crippen molar-refractivity contribution >= 4 is 29.4 Å². The Balaban J connectivity index is 1.58. The number of carbonyl (C=O) groups is 3. The van der Waals surface area contributed by atoms with Crippen molar-refractivity contribution in [3.8, 4) is 0 Å². The number of methoxy groups -OCH3 is 1. The standard InChI is InChI=1S/C56H93N5O17/c1-15-43-56(11,67)48(63)34(4)45(59-71-27-19-22-39-20-17-16-18-21-39)32(2)29-54(9,66)49(35(5)46(36(6)51(64)75-43)76-44-30-55(10,70-14)50(37(7)73-44)74-38(8)62)78-52-47(42(60(12)13)28-33(3)72-52)77-53(65)58-57-31-40-23-25-41(26-24-40)61(68)69/h23-26,32-37,39,42-44,46-50,52,57,63,66-67H,15-22,27-31H2,1-14H3,(H,58,65)/b59-45+/t32-,33-,34-,35+,36-,37+,42+,43+,44+,46+,47-,48-,49-,50+,52+,54?,55-,56-/m1/s1. The fourth-order valence-electron chi connectivity index (χ4n) is 12.2. The quantitative estimate of drug-likeness (QED) is 0.0330. The average molecular weight is 1110 g/mol. The summed E-state index contributed by atoms with van der Waals surface area (Å²) in [5.41, 5.74) is 1.28. The van der Waals surface area contributed by atoms with E-state index >= 15 is 0 Å². The summed E-state index contributed by atoms with van der Waals surface area (Å²) < 4.78 is 51.1. The molecule has 3 aliphatic heterocycles. The minimum absolute atomic E-state index is 0.0314. The second-order valence-electron chi connectivity index (χ2n) is 23.4. The molecule has 18 atom stereocenters. The summed E-state index contributed by atoms with van der Waals surface area (Å²) in [4.78, 5) is 59.5. The number of ether oxygens (including phenoxy) is 8. The molecule has 0 aromatic heterocycles. The van der Waals surface area contributed by atoms with Crippen LogP contribution in [0.1, 0.15) is 152 Å². The molecule has 0 spiro atoms. The first-order valence-electron chi connectivity index (χ1n) is 28.1. The summed E-state index contributed by atoms with van der Waals surface area (Å²) in [5, 5.41) is 53.7. The Morgan fingerprint density at radius 3 is 2.19 bits per heavy atom. The molecular formula is C56H93N5O17. The van der Waals surface area contributed by atoms with E-state index in [4.69, 9.17) is 42.7 Å². The Morgan fingerprint density at radius 1 is 0.923 bits per heavy atom. The number of nitro benzene ring substituents is 1. The van der Waals surface area contributed by atoms with Gasteiger partial charge in [-0.15, -0.1) is 0 Å². The first kappa shape index (κ1) is 64.7. The average Bonchev–Trinajstić information content (AvgIpc) is 3.47. The third-order valence-electron chi connectivity index (χ3n) is 16.7. The van der Waals surface area contributed by atoms with Crippen molar-refractivity contribution in [1.29, 1.82) is 0 Å². The van der Waals surface area contributed by atoms with Gasteiger partial charge in [-0.05, 0) is 99.2 Å². The number of hydrogen-bond donors (Lipinski definition) is 5. The van der Waals surface area contributed by atoms with Crippen molar-refractivity contribution in [2.24, 2.45) is 34.7 Å². The highest BCUT2D eigenvalue weighted by Crippen LogP contribution is 2.42. The highest BCUT2D eigenvalue weighted by atomic mass is 16.7. The molecule has 1 saturated carbocycles. The first-order chi connectivity index (χ1) is 36.6. The van der Waals surface area contributed by atoms with Crippen molar-refractivity contribution in [1.82, 2.24) is 15.8 Å². The second kappa shape index (κ2) is 28.5. The molecule has 0 radical (unpaired) electrons. The van der Waals surface area contributed by atoms with Crippen LogP contribution in [-0.2, 0) is 58.9 Å². The SMILES string of the molecule is CC[C@@H]1OC(=O)[C@H](C)[C@@H](O[C@H]2C[C@@](C)(OC)[C@@H](OC(C)=O)[C@H](C)O2)[C@H](C)[C@@H](O[C@@H]2O[C@H](C)C[C@H](N(C)C)[C@H]2OC(=O)NNCc2ccc([N+](=O)[O-])cc2)C(C)(O)C[C@@H](C)/C(=N\OCCCC2CCCCC2)[C@@H](C)[C@@H](O)[C@]1(C)O. The van der Waals surface area contributed by atoms with Gasteiger partial charge in [-0.25, -0.2) is 10.2 Å². The smallest absolute Gasteiger partial charge is 0.422 e. The first-order valence-corrected chi connectivity index (χ1v) is 28.1. The fraction of sp³-hybridized carbons (Fsp3) is 0.821. The number of rotatable bonds is 18. The van der Waals surface area contributed by atoms with E-state index in [9.17, 15) is 39.8 Å². The van der Waals surface area contributed by atoms with Gasteiger partial charge in [-0.2, -0.15) is 0 Å². The molecule has 0 bridgehead atoms. The molecule has 3 saturated heterocycles. The number of nitrogens with zero attached hydrogens (tertiary/aromatic N) is 3. The molecule has 4 aliphatic rings. The molecule has 5 N–H and O–H groups in total. The molecule has 78 heavy (non-hydrogen) atoms. The van der Waals surface area contributed by atoms with E-state index in [-0.39, 0.29) is 31.5 Å². The van der Waals surface area contributed by atoms with Gasteiger partial charge in [0.05, 0.1) is 58.7 Å². The number of cyclic esters (lactones) is 1. The number of aliphatic hydroxyl groups is 3. The van der Waals surface area contributed by atoms with Crippen LogP contribution in [0.4, 0.5) is 10.5 Å². The third-order valence-corrected chi connectivity index (χ3v) is 16.7. The summed E-state index contributed by atoms with van der Waals surface area (Å²) in [6, 6.07) is 5.35. The van der Waals surface area contributed by atoms with Crippen LogP contribution in [0, 0.1) is 39.7 Å². The number of hydrogen-bond acceptors (Lipinski definition) is 20. The zero-order valence-electron chi connectivity index (χ0n) is 48.6. The highest BCUT2D eigenvalue weighted by molar-refractivity contribution is 5.88. The van der Waals surface area contributed by atoms with Crippen LogP contribution in [0.15, 0.2) is 29.4 Å². The van der Waals surface area contributed by atoms with Crippen molar-refractivity contribution in [3.05, 3.63) is 39.9 Å². The van der Waals surface area contributed by atoms with E-state index in [2.05, 4.69) is 16.0 Å². The van der Waals surface area contributed by atoms with E-state index in [1.165, 1.54) is 65.2 Å². The fourth-order valence-corrected chi connectivity index (χ4v) is 12.2. The number of oxime groups is 1. The number of hydrazine groups is 1. The molecule has 22 nitrogen and oxygen atoms in total. The van der Waals surface area contributed by atoms with E-state index in [1.807, 2.05) is 32.8 Å². The lowest BCUT2D eigenvalue weighted by Crippen LogP contribution is -2.62. The molecule has 1 aromatic rings. The number of amides is 1. The molecule has 5 rings (SSSR count). The van der Waals surface area contributed by atoms with Gasteiger partial charge < -0.3 is 63.0 Å². The number of nitro groups is 1. The number of benzene rings is 1. The maximum Gasteiger partial charge on any atom is 0.422 e. The Hall–Kier alpha value is -4.10. The topological polar surface area (TPSA) is 278 Å². The monoisotopic (exact) mass is 1110 g/mol. The van der Waals surface area contributed by atoms with Gasteiger partial charge in [0.1, 0.15) is 23.9 Å². The van der Waals surface area contributed by atoms with Gasteiger partial charge in [0.2, 0.25) is 0 Å². The Morgan fingerprint density at radius 2 is 1.59 bits per heavy atom. The molecular weight excluding hydrogens is 1010 g/mol. The van der Waals surface area contributed by atoms with Gasteiger partial charge >= 0.3 is 18.0 Å². The molecule has 22 heteroatoms. The van der Waals surface area contributed by atoms with E-state index in [1.54, 1.807) is 60.6 Å². The highest BCUT2D eigenvalue weighted by Gasteiger charge is 2.55. The van der Waals surface area contributed by atoms with Crippen molar-refractivity contribution in [3.63, 3.8) is 0 Å². The molecule has 1 aliphatic carbocycles. The van der Waals surface area contributed by atoms with E-state index in [0.29, 0.717) is 30.2 Å². The van der Waals surface area contributed by atoms with Gasteiger partial charge in [0.15, 0.2) is 24.8 Å². The van der Waals surface area contributed by atoms with Crippen LogP contribution >= 0.6 is 0 Å². The molecule has 1 unspecified atom stereocenters. The Labute approximate surface area is 461 Å². The van der Waals surface area contributed by atoms with E-state index < -0.39 is 131 Å². The summed E-state index contributed by atoms with van der Waals surface area (Å²) in [6.07, 6.45) is -3.44. The van der Waals surface area contributed by atoms with E-state index in [0.717, 1.165) is 12.8 Å². The predicted octanol–water partition coefficient (Wildman–Crippen LogP) is 6.87. The summed E-state index contributed by atoms with van der Waals surface area (Å²) in [6.45, 7) is 18.8. The number of non-ortho nitro benzene ring substituents is 1. The lowest BCUT2D eigenvalue weighted by Gasteiger charge is -2.49. The molecule has 4 fully saturated rings. The number of carbonyl (C=O) groups excluding carboxylic acids is 3. The zero-order chi connectivity index (χ0) is 57.9. The van der Waals surface area contributed by atoms with Crippen LogP contribution in [0.5, 0.6) is 0 Å². The van der Waals surface area contributed by atoms with Crippen LogP contribution in [0.2, 0.25) is 0 Å². The lowest BCUT2D eigenvalue weighted by atomic mass is 9.73. The van der Waals surface area contributed by atoms with Crippen LogP contribution in [0.25, 0.3) is 0 Å². The molecule has 3 heterocycles. The summed E-state index contributed by atoms with van der Waals surface area (Å²) in [7, 11) is 5.16. The molecule has 1 amide bonds. The van der Waals surface area contributed by atoms with Crippen molar-refractivity contribution in [2.75, 3.05) is 27.8 Å². The largest absolute Gasteiger partial charge is 0.459 e. The predicted molar refractivity (Wildman–Crippen MR) is 287 cm³/mol. The number of likely N-dealkylation sites (N-methyl/N-ethyl adjacent to an activating group) is 1. The molecule has 444 valence electrons. The maximum absolute atomic E-state index is 14.8. The Kier molecular flexibility index (Phi) is 23.7. The van der Waals surface area contributed by atoms with Crippen molar-refractivity contribution < 1.29 is 77.4 Å². The van der Waals surface area contributed by atoms with Gasteiger partial charge in [-0.3, -0.25) is 25.1 Å².